The predicted octanol–water partition coefficient (Wildman–Crippen LogP) is 5.19. The average molecular weight is 266 g/mol. The summed E-state index contributed by atoms with van der Waals surface area (Å²) in [6, 6.07) is 0. The topological polar surface area (TPSA) is 26.3 Å². The predicted molar refractivity (Wildman–Crippen MR) is 82.1 cm³/mol. The Kier molecular flexibility index (Phi) is 14.2. The molecular weight excluding hydrogens is 236 g/mol. The van der Waals surface area contributed by atoms with Gasteiger partial charge in [0, 0.05) is 6.42 Å². The average Bonchev–Trinajstić information content (AvgIpc) is 2.41. The molecule has 0 spiro atoms. The Labute approximate surface area is 118 Å². The summed E-state index contributed by atoms with van der Waals surface area (Å²) in [7, 11) is 0. The minimum Gasteiger partial charge on any atom is -0.465 e. The quantitative estimate of drug-likeness (QED) is 0.276. The molecule has 0 heterocycles. The number of esters is 1. The van der Waals surface area contributed by atoms with E-state index >= 15 is 0 Å². The lowest BCUT2D eigenvalue weighted by atomic mass is 10.1. The van der Waals surface area contributed by atoms with Crippen LogP contribution in [-0.4, -0.2) is 12.6 Å². The summed E-state index contributed by atoms with van der Waals surface area (Å²) < 4.78 is 5.13. The van der Waals surface area contributed by atoms with E-state index in [1.54, 1.807) is 0 Å². The molecular formula is C17H30O2. The highest BCUT2D eigenvalue weighted by atomic mass is 16.5. The van der Waals surface area contributed by atoms with Crippen LogP contribution in [0.25, 0.3) is 0 Å². The second-order valence-corrected chi connectivity index (χ2v) is 4.75. The van der Waals surface area contributed by atoms with Gasteiger partial charge < -0.3 is 4.74 Å². The van der Waals surface area contributed by atoms with Gasteiger partial charge in [-0.1, -0.05) is 51.0 Å². The van der Waals surface area contributed by atoms with Gasteiger partial charge in [-0.05, 0) is 38.5 Å². The van der Waals surface area contributed by atoms with E-state index in [2.05, 4.69) is 38.2 Å². The normalized spacial score (nSPS) is 11.5. The molecule has 0 aliphatic heterocycles. The van der Waals surface area contributed by atoms with Crippen LogP contribution in [0.5, 0.6) is 0 Å². The van der Waals surface area contributed by atoms with Crippen LogP contribution in [0.1, 0.15) is 71.6 Å². The Morgan fingerprint density at radius 3 is 2.26 bits per heavy atom. The third kappa shape index (κ3) is 14.9. The molecule has 110 valence electrons. The molecule has 0 N–H and O–H groups in total. The van der Waals surface area contributed by atoms with Crippen molar-refractivity contribution < 1.29 is 9.53 Å². The molecule has 0 amide bonds. The van der Waals surface area contributed by atoms with Crippen molar-refractivity contribution in [3.8, 4) is 0 Å². The van der Waals surface area contributed by atoms with E-state index in [-0.39, 0.29) is 5.97 Å². The van der Waals surface area contributed by atoms with Crippen molar-refractivity contribution in [1.29, 1.82) is 0 Å². The molecule has 0 saturated heterocycles. The number of carbonyl (C=O) groups is 1. The largest absolute Gasteiger partial charge is 0.465 e. The molecule has 0 fully saturated rings. The smallest absolute Gasteiger partial charge is 0.305 e. The molecule has 0 aromatic rings. The maximum Gasteiger partial charge on any atom is 0.305 e. The Balaban J connectivity index is 3.31. The number of rotatable bonds is 12. The monoisotopic (exact) mass is 266 g/mol. The van der Waals surface area contributed by atoms with Gasteiger partial charge in [-0.3, -0.25) is 4.79 Å². The van der Waals surface area contributed by atoms with Crippen molar-refractivity contribution in [2.45, 2.75) is 71.6 Å². The second kappa shape index (κ2) is 15.0. The van der Waals surface area contributed by atoms with E-state index in [1.165, 1.54) is 25.7 Å². The van der Waals surface area contributed by atoms with Crippen LogP contribution in [-0.2, 0) is 9.53 Å². The van der Waals surface area contributed by atoms with Crippen molar-refractivity contribution in [2.24, 2.45) is 0 Å². The van der Waals surface area contributed by atoms with E-state index in [1.807, 2.05) is 0 Å². The first kappa shape index (κ1) is 17.9. The van der Waals surface area contributed by atoms with Crippen molar-refractivity contribution in [2.75, 3.05) is 6.61 Å². The van der Waals surface area contributed by atoms with Crippen molar-refractivity contribution in [3.63, 3.8) is 0 Å². The molecule has 2 heteroatoms. The van der Waals surface area contributed by atoms with Crippen LogP contribution in [0.4, 0.5) is 0 Å². The summed E-state index contributed by atoms with van der Waals surface area (Å²) in [5.74, 6) is -0.0655. The van der Waals surface area contributed by atoms with Crippen LogP contribution < -0.4 is 0 Å². The molecule has 0 radical (unpaired) electrons. The summed E-state index contributed by atoms with van der Waals surface area (Å²) >= 11 is 0. The fourth-order valence-corrected chi connectivity index (χ4v) is 1.71. The zero-order chi connectivity index (χ0) is 14.2. The fourth-order valence-electron chi connectivity index (χ4n) is 1.71. The van der Waals surface area contributed by atoms with Crippen molar-refractivity contribution in [1.82, 2.24) is 0 Å². The molecule has 0 aromatic heterocycles. The van der Waals surface area contributed by atoms with Gasteiger partial charge in [0.15, 0.2) is 0 Å². The van der Waals surface area contributed by atoms with Gasteiger partial charge in [0.25, 0.3) is 0 Å². The number of carbonyl (C=O) groups excluding carboxylic acids is 1. The summed E-state index contributed by atoms with van der Waals surface area (Å²) in [4.78, 5) is 11.4. The number of ether oxygens (including phenoxy) is 1. The summed E-state index contributed by atoms with van der Waals surface area (Å²) in [6.07, 6.45) is 17.9. The second-order valence-electron chi connectivity index (χ2n) is 4.75. The van der Waals surface area contributed by atoms with E-state index in [4.69, 9.17) is 4.74 Å². The van der Waals surface area contributed by atoms with Crippen LogP contribution in [0.15, 0.2) is 24.3 Å². The SMILES string of the molecule is CC/C=C/CCOC(=O)CCC/C=C/CCCCC. The van der Waals surface area contributed by atoms with Crippen LogP contribution >= 0.6 is 0 Å². The number of hydrogen-bond donors (Lipinski definition) is 0. The third-order valence-corrected chi connectivity index (χ3v) is 2.84. The van der Waals surface area contributed by atoms with Crippen molar-refractivity contribution >= 4 is 5.97 Å². The van der Waals surface area contributed by atoms with Crippen LogP contribution in [0.3, 0.4) is 0 Å². The van der Waals surface area contributed by atoms with Gasteiger partial charge in [-0.25, -0.2) is 0 Å². The highest BCUT2D eigenvalue weighted by molar-refractivity contribution is 5.69. The van der Waals surface area contributed by atoms with E-state index in [0.717, 1.165) is 25.7 Å². The summed E-state index contributed by atoms with van der Waals surface area (Å²) in [5.41, 5.74) is 0. The minimum absolute atomic E-state index is 0.0655. The highest BCUT2D eigenvalue weighted by Gasteiger charge is 2.00. The lowest BCUT2D eigenvalue weighted by molar-refractivity contribution is -0.143. The van der Waals surface area contributed by atoms with Gasteiger partial charge in [-0.2, -0.15) is 0 Å². The number of hydrogen-bond acceptors (Lipinski definition) is 2. The Bertz CT molecular complexity index is 254. The maximum atomic E-state index is 11.4. The first-order valence-electron chi connectivity index (χ1n) is 7.76. The van der Waals surface area contributed by atoms with Crippen LogP contribution in [0.2, 0.25) is 0 Å². The minimum atomic E-state index is -0.0655. The first-order chi connectivity index (χ1) is 9.31. The Morgan fingerprint density at radius 2 is 1.58 bits per heavy atom. The van der Waals surface area contributed by atoms with Gasteiger partial charge in [0.2, 0.25) is 0 Å². The van der Waals surface area contributed by atoms with Gasteiger partial charge in [0.1, 0.15) is 0 Å². The molecule has 0 aromatic carbocycles. The third-order valence-electron chi connectivity index (χ3n) is 2.84. The molecule has 0 bridgehead atoms. The molecule has 0 aliphatic carbocycles. The van der Waals surface area contributed by atoms with E-state index < -0.39 is 0 Å². The lowest BCUT2D eigenvalue weighted by Crippen LogP contribution is -2.04. The zero-order valence-corrected chi connectivity index (χ0v) is 12.7. The van der Waals surface area contributed by atoms with Crippen molar-refractivity contribution in [3.05, 3.63) is 24.3 Å². The Hall–Kier alpha value is -1.05. The molecule has 0 rings (SSSR count). The number of unbranched alkanes of at least 4 members (excludes halogenated alkanes) is 4. The molecule has 0 unspecified atom stereocenters. The summed E-state index contributed by atoms with van der Waals surface area (Å²) in [6.45, 7) is 4.83. The zero-order valence-electron chi connectivity index (χ0n) is 12.7. The fraction of sp³-hybridized carbons (Fsp3) is 0.706. The molecule has 19 heavy (non-hydrogen) atoms. The first-order valence-corrected chi connectivity index (χ1v) is 7.76. The maximum absolute atomic E-state index is 11.4. The van der Waals surface area contributed by atoms with Gasteiger partial charge in [-0.15, -0.1) is 0 Å². The van der Waals surface area contributed by atoms with E-state index in [0.29, 0.717) is 13.0 Å². The standard InChI is InChI=1S/C17H30O2/c1-3-5-7-9-10-11-12-13-15-17(18)19-16-14-8-6-4-2/h6,8,10-11H,3-5,7,9,12-16H2,1-2H3/b8-6+,11-10+. The van der Waals surface area contributed by atoms with E-state index in [9.17, 15) is 4.79 Å². The van der Waals surface area contributed by atoms with Crippen LogP contribution in [0, 0.1) is 0 Å². The molecule has 0 atom stereocenters. The van der Waals surface area contributed by atoms with Gasteiger partial charge in [0.05, 0.1) is 6.61 Å². The molecule has 0 saturated carbocycles. The number of allylic oxidation sites excluding steroid dienone is 3. The molecule has 0 aliphatic rings. The molecule has 2 nitrogen and oxygen atoms in total. The summed E-state index contributed by atoms with van der Waals surface area (Å²) in [5, 5.41) is 0. The highest BCUT2D eigenvalue weighted by Crippen LogP contribution is 2.03. The Morgan fingerprint density at radius 1 is 0.895 bits per heavy atom. The van der Waals surface area contributed by atoms with Gasteiger partial charge >= 0.3 is 5.97 Å². The lowest BCUT2D eigenvalue weighted by Gasteiger charge is -2.01.